The van der Waals surface area contributed by atoms with Crippen molar-refractivity contribution in [1.82, 2.24) is 19.5 Å². The number of aromatic nitrogens is 4. The fourth-order valence-corrected chi connectivity index (χ4v) is 11.3. The molecule has 3 aromatic heterocycles. The molecule has 28 heteroatoms. The number of hydrogen-bond acceptors (Lipinski definition) is 10. The second-order valence-electron chi connectivity index (χ2n) is 15.6. The molecule has 7 aromatic rings. The minimum atomic E-state index is -5.21. The van der Waals surface area contributed by atoms with Crippen molar-refractivity contribution in [3.63, 3.8) is 0 Å². The van der Waals surface area contributed by atoms with Crippen LogP contribution in [0.15, 0.2) is 103 Å². The number of aromatic amines is 1. The van der Waals surface area contributed by atoms with Gasteiger partial charge in [-0.25, -0.2) is 9.97 Å². The van der Waals surface area contributed by atoms with E-state index in [-0.39, 0.29) is 180 Å². The molecule has 0 fully saturated rings. The van der Waals surface area contributed by atoms with Crippen molar-refractivity contribution in [2.45, 2.75) is 0 Å². The van der Waals surface area contributed by atoms with Gasteiger partial charge in [-0.2, -0.15) is 0 Å². The van der Waals surface area contributed by atoms with E-state index in [2.05, 4.69) is 4.98 Å². The Kier molecular flexibility index (Phi) is 18.8. The maximum atomic E-state index is 13.2. The molecule has 20 nitrogen and oxygen atoms in total. The van der Waals surface area contributed by atoms with Crippen LogP contribution in [0.1, 0.15) is 22.8 Å². The molecule has 5 heterocycles. The Hall–Kier alpha value is -2.72. The molecule has 0 atom stereocenters. The minimum absolute atomic E-state index is 0. The molecule has 0 aliphatic carbocycles. The Morgan fingerprint density at radius 3 is 1.26 bits per heavy atom. The molecule has 4 aromatic carbocycles. The van der Waals surface area contributed by atoms with Gasteiger partial charge in [0.25, 0.3) is 0 Å². The van der Waals surface area contributed by atoms with E-state index in [4.69, 9.17) is 32.9 Å². The zero-order chi connectivity index (χ0) is 48.8. The predicted octanol–water partition coefficient (Wildman–Crippen LogP) is 2.07. The van der Waals surface area contributed by atoms with Gasteiger partial charge in [-0.1, -0.05) is 42.5 Å². The zero-order valence-corrected chi connectivity index (χ0v) is 38.4. The first-order chi connectivity index (χ1) is 31.9. The van der Waals surface area contributed by atoms with E-state index in [1.54, 1.807) is 42.5 Å². The van der Waals surface area contributed by atoms with Crippen LogP contribution < -0.4 is 44.2 Å². The molecule has 17 N–H and O–H groups in total. The number of benzene rings is 4. The Bertz CT molecular complexity index is 3790. The summed E-state index contributed by atoms with van der Waals surface area (Å²) in [4.78, 5) is 98.2. The second kappa shape index (κ2) is 22.5. The van der Waals surface area contributed by atoms with Crippen LogP contribution in [0.4, 0.5) is 22.7 Å². The molecule has 72 heavy (non-hydrogen) atoms. The van der Waals surface area contributed by atoms with Crippen LogP contribution in [0.3, 0.4) is 0 Å². The monoisotopic (exact) mass is 1090 g/mol. The van der Waals surface area contributed by atoms with Gasteiger partial charge >= 0.3 is 149 Å². The molecular formula is C44H42N8Na4O12P4. The van der Waals surface area contributed by atoms with Gasteiger partial charge in [0, 0.05) is 44.4 Å². The van der Waals surface area contributed by atoms with Crippen molar-refractivity contribution in [1.29, 1.82) is 0 Å². The third kappa shape index (κ3) is 11.5. The molecule has 0 saturated carbocycles. The van der Waals surface area contributed by atoms with E-state index in [0.29, 0.717) is 22.4 Å². The van der Waals surface area contributed by atoms with Gasteiger partial charge in [-0.3, -0.25) is 18.3 Å². The van der Waals surface area contributed by atoms with Crippen molar-refractivity contribution in [3.05, 3.63) is 126 Å². The number of hydrogen-bond donors (Lipinski definition) is 13. The van der Waals surface area contributed by atoms with Crippen LogP contribution in [0.25, 0.3) is 85.4 Å². The number of fused-ring (bicyclic) bond motifs is 8. The van der Waals surface area contributed by atoms with Gasteiger partial charge < -0.3 is 71.6 Å². The molecular weight excluding hydrogens is 1050 g/mol. The van der Waals surface area contributed by atoms with E-state index in [1.165, 1.54) is 59.2 Å². The number of anilines is 4. The summed E-state index contributed by atoms with van der Waals surface area (Å²) in [6.07, 6.45) is 6.50. The normalized spacial score (nSPS) is 12.3. The SMILES string of the molecule is Nc1c(-c2c(-c3cccc(P(=O)(O)O)c3N)c3c(-c4cccc(P(=O)(O)O)c4N)c4nc(cc5ccc(cc6nc(cc2n3-c2cccc(P(=O)(O)O)c2N)C=C6)[nH]5)C=C4)cccc1P(=O)(O)O.[NaH].[NaH].[NaH].[NaH]. The van der Waals surface area contributed by atoms with E-state index in [1.807, 2.05) is 6.07 Å². The molecule has 0 unspecified atom stereocenters. The molecule has 0 amide bonds. The molecule has 0 spiro atoms. The first-order valence-electron chi connectivity index (χ1n) is 19.9. The molecule has 0 radical (unpaired) electrons. The first kappa shape index (κ1) is 60.1. The molecule has 2 aliphatic heterocycles. The van der Waals surface area contributed by atoms with Gasteiger partial charge in [0.05, 0.1) is 83.5 Å². The van der Waals surface area contributed by atoms with Gasteiger partial charge in [0.2, 0.25) is 0 Å². The summed E-state index contributed by atoms with van der Waals surface area (Å²) in [6.45, 7) is 0. The number of para-hydroxylation sites is 4. The molecule has 354 valence electrons. The number of nitrogens with zero attached hydrogens (tertiary/aromatic N) is 3. The predicted molar refractivity (Wildman–Crippen MR) is 293 cm³/mol. The van der Waals surface area contributed by atoms with E-state index in [0.717, 1.165) is 24.3 Å². The number of nitrogens with one attached hydrogen (secondary N) is 1. The second-order valence-corrected chi connectivity index (χ2v) is 21.9. The third-order valence-electron chi connectivity index (χ3n) is 11.3. The van der Waals surface area contributed by atoms with E-state index < -0.39 is 74.4 Å². The Morgan fingerprint density at radius 1 is 0.431 bits per heavy atom. The summed E-state index contributed by atoms with van der Waals surface area (Å²) < 4.78 is 54.0. The van der Waals surface area contributed by atoms with Gasteiger partial charge in [0.1, 0.15) is 0 Å². The fraction of sp³-hybridized carbons (Fsp3) is 0. The number of H-pyrrole nitrogens is 1. The molecule has 2 aliphatic rings. The summed E-state index contributed by atoms with van der Waals surface area (Å²) in [6, 6.07) is 23.9. The fourth-order valence-electron chi connectivity index (χ4n) is 8.41. The first-order valence-corrected chi connectivity index (χ1v) is 26.3. The standard InChI is InChI=1S/C44H38N8O12P4.4Na.4H/c45-40-27(5-1-9-33(40)65(53,54)55)37-30-18-17-25(51-30)20-24-14-13-22(49-24)19-23-15-16-26(50-23)21-32-38(28-6-2-10-34(41(28)46)66(56,57)58)39(29-7-3-11-35(42(29)47)67(59,60)61)44(37)52(32)31-8-4-12-36(43(31)48)68(62,63)64;;;;;;;;/h1-21,49H,45-48H2,(H2,53,54,55)(H2,56,57,58)(H2,59,60,61)(H2,62,63,64);;;;;;;;. The van der Waals surface area contributed by atoms with Crippen LogP contribution in [-0.2, 0) is 18.3 Å². The van der Waals surface area contributed by atoms with Crippen LogP contribution in [0.5, 0.6) is 0 Å². The summed E-state index contributed by atoms with van der Waals surface area (Å²) in [7, 11) is -20.7. The van der Waals surface area contributed by atoms with Crippen molar-refractivity contribution in [2.75, 3.05) is 22.9 Å². The van der Waals surface area contributed by atoms with Crippen molar-refractivity contribution < 1.29 is 57.4 Å². The Balaban J connectivity index is 0.00000241. The van der Waals surface area contributed by atoms with Gasteiger partial charge in [-0.15, -0.1) is 0 Å². The van der Waals surface area contributed by atoms with Gasteiger partial charge in [0.15, 0.2) is 0 Å². The molecule has 9 rings (SSSR count). The number of rotatable bonds is 8. The Labute approximate surface area is 497 Å². The van der Waals surface area contributed by atoms with E-state index >= 15 is 0 Å². The van der Waals surface area contributed by atoms with Crippen LogP contribution >= 0.6 is 30.4 Å². The van der Waals surface area contributed by atoms with Gasteiger partial charge in [-0.05, 0) is 85.0 Å². The average molecular weight is 1090 g/mol. The van der Waals surface area contributed by atoms with Crippen molar-refractivity contribution >= 4 is 239 Å². The Morgan fingerprint density at radius 2 is 0.806 bits per heavy atom. The summed E-state index contributed by atoms with van der Waals surface area (Å²) in [5, 5.41) is -2.49. The quantitative estimate of drug-likeness (QED) is 0.0588. The van der Waals surface area contributed by atoms with Crippen molar-refractivity contribution in [2.24, 2.45) is 0 Å². The van der Waals surface area contributed by atoms with Crippen LogP contribution in [-0.4, -0.2) is 177 Å². The van der Waals surface area contributed by atoms with Crippen LogP contribution in [0.2, 0.25) is 0 Å². The number of nitrogen functional groups attached to an aromatic ring is 4. The molecule has 0 saturated heterocycles. The zero-order valence-electron chi connectivity index (χ0n) is 34.8. The average Bonchev–Trinajstić information content (AvgIpc) is 4.05. The van der Waals surface area contributed by atoms with E-state index in [9.17, 15) is 57.4 Å². The van der Waals surface area contributed by atoms with Crippen LogP contribution in [0, 0.1) is 0 Å². The molecule has 8 bridgehead atoms. The summed E-state index contributed by atoms with van der Waals surface area (Å²) in [5.74, 6) is 0. The number of nitrogens with two attached hydrogens (primary N) is 4. The summed E-state index contributed by atoms with van der Waals surface area (Å²) in [5.41, 5.74) is 26.7. The maximum absolute atomic E-state index is 13.2. The third-order valence-corrected chi connectivity index (χ3v) is 15.4. The topological polar surface area (TPSA) is 381 Å². The van der Waals surface area contributed by atoms with Crippen molar-refractivity contribution in [3.8, 4) is 39.1 Å². The summed E-state index contributed by atoms with van der Waals surface area (Å²) >= 11 is 0.